The number of aryl methyl sites for hydroxylation is 2. The highest BCUT2D eigenvalue weighted by atomic mass is 16.5. The Morgan fingerprint density at radius 3 is 2.64 bits per heavy atom. The lowest BCUT2D eigenvalue weighted by molar-refractivity contribution is -0.703. The van der Waals surface area contributed by atoms with Crippen LogP contribution in [0, 0.1) is 0 Å². The second-order valence-electron chi connectivity index (χ2n) is 2.94. The first-order valence-corrected chi connectivity index (χ1v) is 4.99. The maximum Gasteiger partial charge on any atom is 0.341 e. The summed E-state index contributed by atoms with van der Waals surface area (Å²) in [6.07, 6.45) is 1.80. The molecule has 1 aromatic rings. The Bertz CT molecular complexity index is 358. The van der Waals surface area contributed by atoms with Crippen molar-refractivity contribution >= 4 is 0 Å². The first-order valence-electron chi connectivity index (χ1n) is 4.99. The van der Waals surface area contributed by atoms with Crippen LogP contribution in [0.15, 0.2) is 17.2 Å². The van der Waals surface area contributed by atoms with Crippen molar-refractivity contribution in [2.75, 3.05) is 6.61 Å². The van der Waals surface area contributed by atoms with Crippen molar-refractivity contribution in [1.82, 2.24) is 4.57 Å². The zero-order chi connectivity index (χ0) is 10.6. The topological polar surface area (TPSA) is 35.1 Å². The number of ether oxygens (including phenoxy) is 1. The minimum Gasteiger partial charge on any atom is -0.462 e. The normalized spacial score (nSPS) is 10.2. The van der Waals surface area contributed by atoms with Crippen LogP contribution >= 0.6 is 0 Å². The molecule has 0 atom stereocenters. The molecule has 1 aromatic heterocycles. The van der Waals surface area contributed by atoms with Gasteiger partial charge in [0, 0.05) is 0 Å². The SMILES string of the molecule is CCOc1cc(=O)n(CC)c[n+]1CC. The zero-order valence-corrected chi connectivity index (χ0v) is 8.99. The van der Waals surface area contributed by atoms with Gasteiger partial charge in [0.2, 0.25) is 6.33 Å². The van der Waals surface area contributed by atoms with E-state index in [2.05, 4.69) is 0 Å². The van der Waals surface area contributed by atoms with Gasteiger partial charge in [-0.1, -0.05) is 0 Å². The van der Waals surface area contributed by atoms with Gasteiger partial charge < -0.3 is 4.74 Å². The molecule has 0 unspecified atom stereocenters. The van der Waals surface area contributed by atoms with E-state index in [0.29, 0.717) is 19.0 Å². The van der Waals surface area contributed by atoms with E-state index < -0.39 is 0 Å². The molecule has 0 aliphatic rings. The van der Waals surface area contributed by atoms with Crippen molar-refractivity contribution in [3.05, 3.63) is 22.7 Å². The van der Waals surface area contributed by atoms with Gasteiger partial charge in [0.15, 0.2) is 0 Å². The largest absolute Gasteiger partial charge is 0.462 e. The lowest BCUT2D eigenvalue weighted by atomic mass is 10.5. The molecule has 0 radical (unpaired) electrons. The summed E-state index contributed by atoms with van der Waals surface area (Å²) in [5.41, 5.74) is -0.0133. The Hall–Kier alpha value is -1.32. The van der Waals surface area contributed by atoms with Crippen LogP contribution in [0.2, 0.25) is 0 Å². The molecule has 14 heavy (non-hydrogen) atoms. The molecule has 4 nitrogen and oxygen atoms in total. The van der Waals surface area contributed by atoms with Crippen molar-refractivity contribution in [3.8, 4) is 5.88 Å². The third-order valence-electron chi connectivity index (χ3n) is 2.07. The Labute approximate surface area is 83.8 Å². The molecule has 1 rings (SSSR count). The van der Waals surface area contributed by atoms with Gasteiger partial charge in [-0.25, -0.2) is 9.36 Å². The molecule has 0 fully saturated rings. The van der Waals surface area contributed by atoms with Gasteiger partial charge in [-0.2, -0.15) is 4.57 Å². The lowest BCUT2D eigenvalue weighted by Crippen LogP contribution is -2.40. The second-order valence-corrected chi connectivity index (χ2v) is 2.94. The number of rotatable bonds is 4. The van der Waals surface area contributed by atoms with E-state index in [9.17, 15) is 4.79 Å². The van der Waals surface area contributed by atoms with Crippen LogP contribution in [0.5, 0.6) is 5.88 Å². The molecular formula is C10H17N2O2+. The Kier molecular flexibility index (Phi) is 3.68. The molecule has 0 aromatic carbocycles. The van der Waals surface area contributed by atoms with Crippen LogP contribution < -0.4 is 14.9 Å². The van der Waals surface area contributed by atoms with E-state index in [1.165, 1.54) is 6.07 Å². The molecule has 0 amide bonds. The van der Waals surface area contributed by atoms with Crippen LogP contribution in [-0.4, -0.2) is 11.2 Å². The minimum atomic E-state index is -0.0133. The molecule has 0 spiro atoms. The van der Waals surface area contributed by atoms with Gasteiger partial charge in [0.25, 0.3) is 5.88 Å². The summed E-state index contributed by atoms with van der Waals surface area (Å²) in [7, 11) is 0. The van der Waals surface area contributed by atoms with E-state index in [0.717, 1.165) is 6.54 Å². The Balaban J connectivity index is 3.17. The Morgan fingerprint density at radius 2 is 2.14 bits per heavy atom. The summed E-state index contributed by atoms with van der Waals surface area (Å²) in [5, 5.41) is 0. The first-order chi connectivity index (χ1) is 6.72. The predicted molar refractivity (Wildman–Crippen MR) is 53.4 cm³/mol. The minimum absolute atomic E-state index is 0.0133. The number of hydrogen-bond donors (Lipinski definition) is 0. The number of aromatic nitrogens is 2. The van der Waals surface area contributed by atoms with Crippen LogP contribution in [0.1, 0.15) is 20.8 Å². The van der Waals surface area contributed by atoms with Crippen molar-refractivity contribution < 1.29 is 9.30 Å². The highest BCUT2D eigenvalue weighted by Gasteiger charge is 2.10. The summed E-state index contributed by atoms with van der Waals surface area (Å²) in [5.74, 6) is 0.643. The van der Waals surface area contributed by atoms with Crippen LogP contribution in [0.3, 0.4) is 0 Å². The Morgan fingerprint density at radius 1 is 1.43 bits per heavy atom. The van der Waals surface area contributed by atoms with E-state index in [-0.39, 0.29) is 5.56 Å². The van der Waals surface area contributed by atoms with Crippen molar-refractivity contribution in [2.24, 2.45) is 0 Å². The number of hydrogen-bond acceptors (Lipinski definition) is 2. The van der Waals surface area contributed by atoms with E-state index in [1.807, 2.05) is 25.3 Å². The molecule has 0 bridgehead atoms. The monoisotopic (exact) mass is 197 g/mol. The third-order valence-corrected chi connectivity index (χ3v) is 2.07. The molecule has 4 heteroatoms. The predicted octanol–water partition coefficient (Wildman–Crippen LogP) is 0.574. The summed E-state index contributed by atoms with van der Waals surface area (Å²) in [6.45, 7) is 7.94. The smallest absolute Gasteiger partial charge is 0.341 e. The average Bonchev–Trinajstić information content (AvgIpc) is 2.19. The molecule has 78 valence electrons. The molecule has 0 N–H and O–H groups in total. The molecule has 0 saturated heterocycles. The summed E-state index contributed by atoms with van der Waals surface area (Å²) in [6, 6.07) is 1.54. The molecular weight excluding hydrogens is 180 g/mol. The van der Waals surface area contributed by atoms with Gasteiger partial charge in [-0.3, -0.25) is 0 Å². The standard InChI is InChI=1S/C10H17N2O2/c1-4-11-8-12(5-2)10(14-6-3)7-9(11)13/h7-8H,4-6H2,1-3H3/q+1. The van der Waals surface area contributed by atoms with E-state index >= 15 is 0 Å². The quantitative estimate of drug-likeness (QED) is 0.662. The highest BCUT2D eigenvalue weighted by molar-refractivity contribution is 4.99. The van der Waals surface area contributed by atoms with Crippen LogP contribution in [0.4, 0.5) is 0 Å². The lowest BCUT2D eigenvalue weighted by Gasteiger charge is -2.06. The molecule has 0 aliphatic heterocycles. The molecule has 0 aliphatic carbocycles. The fourth-order valence-corrected chi connectivity index (χ4v) is 1.30. The second kappa shape index (κ2) is 4.79. The van der Waals surface area contributed by atoms with Gasteiger partial charge in [-0.15, -0.1) is 0 Å². The van der Waals surface area contributed by atoms with Gasteiger partial charge in [-0.05, 0) is 20.8 Å². The van der Waals surface area contributed by atoms with E-state index in [4.69, 9.17) is 4.74 Å². The van der Waals surface area contributed by atoms with Crippen molar-refractivity contribution in [1.29, 1.82) is 0 Å². The average molecular weight is 197 g/mol. The van der Waals surface area contributed by atoms with E-state index in [1.54, 1.807) is 10.9 Å². The maximum atomic E-state index is 11.5. The van der Waals surface area contributed by atoms with Crippen molar-refractivity contribution in [3.63, 3.8) is 0 Å². The van der Waals surface area contributed by atoms with Gasteiger partial charge in [0.05, 0.1) is 19.7 Å². The first kappa shape index (κ1) is 10.8. The number of nitrogens with zero attached hydrogens (tertiary/aromatic N) is 2. The fraction of sp³-hybridized carbons (Fsp3) is 0.600. The molecule has 0 saturated carbocycles. The van der Waals surface area contributed by atoms with Gasteiger partial charge in [0.1, 0.15) is 6.07 Å². The molecule has 1 heterocycles. The van der Waals surface area contributed by atoms with Crippen LogP contribution in [-0.2, 0) is 13.1 Å². The van der Waals surface area contributed by atoms with Crippen molar-refractivity contribution in [2.45, 2.75) is 33.9 Å². The maximum absolute atomic E-state index is 11.5. The zero-order valence-electron chi connectivity index (χ0n) is 8.99. The highest BCUT2D eigenvalue weighted by Crippen LogP contribution is 1.97. The van der Waals surface area contributed by atoms with Gasteiger partial charge >= 0.3 is 5.56 Å². The summed E-state index contributed by atoms with van der Waals surface area (Å²) < 4.78 is 8.94. The summed E-state index contributed by atoms with van der Waals surface area (Å²) in [4.78, 5) is 11.5. The van der Waals surface area contributed by atoms with Crippen LogP contribution in [0.25, 0.3) is 0 Å². The summed E-state index contributed by atoms with van der Waals surface area (Å²) >= 11 is 0. The third kappa shape index (κ3) is 2.13. The fourth-order valence-electron chi connectivity index (χ4n) is 1.30.